The average Bonchev–Trinajstić information content (AvgIpc) is 2.53. The Kier molecular flexibility index (Phi) is 3.64. The third-order valence-electron chi connectivity index (χ3n) is 4.00. The minimum atomic E-state index is -0.193. The Labute approximate surface area is 133 Å². The van der Waals surface area contributed by atoms with Crippen LogP contribution in [0.15, 0.2) is 33.5 Å². The van der Waals surface area contributed by atoms with Gasteiger partial charge in [-0.25, -0.2) is 0 Å². The van der Waals surface area contributed by atoms with Crippen LogP contribution in [0, 0.1) is 0 Å². The highest BCUT2D eigenvalue weighted by atomic mass is 16.3. The molecule has 5 nitrogen and oxygen atoms in total. The molecule has 0 unspecified atom stereocenters. The highest BCUT2D eigenvalue weighted by molar-refractivity contribution is 6.03. The van der Waals surface area contributed by atoms with E-state index in [4.69, 9.17) is 10.2 Å². The molecule has 0 aliphatic carbocycles. The molecule has 1 aromatic carbocycles. The Morgan fingerprint density at radius 3 is 2.65 bits per heavy atom. The Hall–Kier alpha value is -2.69. The van der Waals surface area contributed by atoms with E-state index in [0.717, 1.165) is 5.56 Å². The first kappa shape index (κ1) is 15.2. The van der Waals surface area contributed by atoms with Crippen LogP contribution in [0.5, 0.6) is 0 Å². The van der Waals surface area contributed by atoms with Gasteiger partial charge < -0.3 is 10.2 Å². The summed E-state index contributed by atoms with van der Waals surface area (Å²) in [4.78, 5) is 28.8. The molecular weight excluding hydrogens is 292 g/mol. The van der Waals surface area contributed by atoms with Crippen LogP contribution in [0.3, 0.4) is 0 Å². The maximum absolute atomic E-state index is 12.8. The summed E-state index contributed by atoms with van der Waals surface area (Å²) in [7, 11) is 0. The predicted octanol–water partition coefficient (Wildman–Crippen LogP) is 3.64. The quantitative estimate of drug-likeness (QED) is 0.589. The van der Waals surface area contributed by atoms with E-state index in [-0.39, 0.29) is 33.7 Å². The second-order valence-corrected chi connectivity index (χ2v) is 5.89. The smallest absolute Gasteiger partial charge is 0.232 e. The van der Waals surface area contributed by atoms with Crippen LogP contribution in [-0.2, 0) is 0 Å². The van der Waals surface area contributed by atoms with Gasteiger partial charge in [-0.2, -0.15) is 4.98 Å². The number of ketones is 1. The molecule has 0 saturated carbocycles. The van der Waals surface area contributed by atoms with E-state index in [9.17, 15) is 9.59 Å². The fourth-order valence-corrected chi connectivity index (χ4v) is 2.59. The first-order valence-electron chi connectivity index (χ1n) is 7.62. The molecule has 23 heavy (non-hydrogen) atoms. The van der Waals surface area contributed by atoms with Gasteiger partial charge in [-0.1, -0.05) is 26.8 Å². The van der Waals surface area contributed by atoms with Crippen molar-refractivity contribution in [2.24, 2.45) is 0 Å². The van der Waals surface area contributed by atoms with Crippen LogP contribution in [-0.4, -0.2) is 10.8 Å². The topological polar surface area (TPSA) is 86.2 Å². The highest BCUT2D eigenvalue weighted by Crippen LogP contribution is 2.24. The molecule has 0 spiro atoms. The number of nitrogens with two attached hydrogens (primary N) is 1. The van der Waals surface area contributed by atoms with Gasteiger partial charge in [-0.15, -0.1) is 0 Å². The fraction of sp³-hybridized carbons (Fsp3) is 0.278. The van der Waals surface area contributed by atoms with E-state index in [0.29, 0.717) is 23.3 Å². The van der Waals surface area contributed by atoms with Gasteiger partial charge in [0, 0.05) is 6.42 Å². The number of pyridine rings is 1. The van der Waals surface area contributed by atoms with Crippen molar-refractivity contribution < 1.29 is 9.21 Å². The molecule has 5 heteroatoms. The van der Waals surface area contributed by atoms with Crippen LogP contribution in [0.1, 0.15) is 49.0 Å². The van der Waals surface area contributed by atoms with E-state index >= 15 is 0 Å². The standard InChI is InChI=1S/C18H18N2O3/c1-4-14(21)11-8-13-16(22)12-7-10(9(2)3)5-6-15(12)23-18(13)20-17(11)19/h5-9H,4H2,1-3H3,(H2,19,20). The van der Waals surface area contributed by atoms with Crippen LogP contribution < -0.4 is 11.2 Å². The van der Waals surface area contributed by atoms with Gasteiger partial charge in [0.15, 0.2) is 5.78 Å². The van der Waals surface area contributed by atoms with Gasteiger partial charge in [0.05, 0.1) is 16.3 Å². The maximum Gasteiger partial charge on any atom is 0.232 e. The largest absolute Gasteiger partial charge is 0.437 e. The van der Waals surface area contributed by atoms with Crippen molar-refractivity contribution >= 4 is 33.7 Å². The second kappa shape index (κ2) is 5.50. The summed E-state index contributed by atoms with van der Waals surface area (Å²) in [6.07, 6.45) is 0.299. The minimum Gasteiger partial charge on any atom is -0.437 e. The number of hydrogen-bond acceptors (Lipinski definition) is 5. The predicted molar refractivity (Wildman–Crippen MR) is 90.9 cm³/mol. The van der Waals surface area contributed by atoms with Crippen molar-refractivity contribution in [2.75, 3.05) is 5.73 Å². The molecule has 3 aromatic rings. The van der Waals surface area contributed by atoms with Crippen molar-refractivity contribution in [3.8, 4) is 0 Å². The third-order valence-corrected chi connectivity index (χ3v) is 4.00. The molecular formula is C18H18N2O3. The molecule has 0 atom stereocenters. The highest BCUT2D eigenvalue weighted by Gasteiger charge is 2.16. The van der Waals surface area contributed by atoms with Gasteiger partial charge in [0.25, 0.3) is 0 Å². The number of carbonyl (C=O) groups is 1. The number of carbonyl (C=O) groups excluding carboxylic acids is 1. The monoisotopic (exact) mass is 310 g/mol. The molecule has 3 rings (SSSR count). The molecule has 118 valence electrons. The Bertz CT molecular complexity index is 987. The zero-order valence-corrected chi connectivity index (χ0v) is 13.3. The van der Waals surface area contributed by atoms with Gasteiger partial charge in [-0.05, 0) is 29.7 Å². The van der Waals surface area contributed by atoms with Crippen LogP contribution in [0.25, 0.3) is 22.1 Å². The van der Waals surface area contributed by atoms with E-state index in [2.05, 4.69) is 18.8 Å². The van der Waals surface area contributed by atoms with E-state index in [1.807, 2.05) is 12.1 Å². The maximum atomic E-state index is 12.8. The zero-order valence-electron chi connectivity index (χ0n) is 13.3. The average molecular weight is 310 g/mol. The van der Waals surface area contributed by atoms with Crippen LogP contribution in [0.2, 0.25) is 0 Å². The molecule has 2 aromatic heterocycles. The van der Waals surface area contributed by atoms with Crippen molar-refractivity contribution in [2.45, 2.75) is 33.1 Å². The first-order chi connectivity index (χ1) is 10.9. The normalized spacial score (nSPS) is 11.5. The van der Waals surface area contributed by atoms with Gasteiger partial charge in [0.1, 0.15) is 11.4 Å². The molecule has 0 fully saturated rings. The number of aromatic nitrogens is 1. The van der Waals surface area contributed by atoms with E-state index < -0.39 is 0 Å². The zero-order chi connectivity index (χ0) is 16.7. The number of nitrogen functional groups attached to an aromatic ring is 1. The summed E-state index contributed by atoms with van der Waals surface area (Å²) < 4.78 is 5.71. The van der Waals surface area contributed by atoms with Crippen molar-refractivity contribution in [1.29, 1.82) is 0 Å². The summed E-state index contributed by atoms with van der Waals surface area (Å²) in [6.45, 7) is 5.86. The first-order valence-corrected chi connectivity index (χ1v) is 7.62. The molecule has 0 radical (unpaired) electrons. The lowest BCUT2D eigenvalue weighted by molar-refractivity contribution is 0.0989. The molecule has 0 saturated heterocycles. The number of hydrogen-bond donors (Lipinski definition) is 1. The van der Waals surface area contributed by atoms with Crippen molar-refractivity contribution in [3.63, 3.8) is 0 Å². The number of benzene rings is 1. The van der Waals surface area contributed by atoms with Gasteiger partial charge in [-0.3, -0.25) is 9.59 Å². The molecule has 0 aliphatic heterocycles. The Morgan fingerprint density at radius 1 is 1.26 bits per heavy atom. The van der Waals surface area contributed by atoms with Crippen LogP contribution >= 0.6 is 0 Å². The van der Waals surface area contributed by atoms with Gasteiger partial charge >= 0.3 is 0 Å². The van der Waals surface area contributed by atoms with Gasteiger partial charge in [0.2, 0.25) is 11.1 Å². The number of nitrogens with zero attached hydrogens (tertiary/aromatic N) is 1. The molecule has 0 aliphatic rings. The lowest BCUT2D eigenvalue weighted by Crippen LogP contribution is -2.09. The van der Waals surface area contributed by atoms with E-state index in [1.54, 1.807) is 13.0 Å². The molecule has 0 bridgehead atoms. The summed E-state index contributed by atoms with van der Waals surface area (Å²) in [6, 6.07) is 7.04. The lowest BCUT2D eigenvalue weighted by atomic mass is 10.0. The Balaban J connectivity index is 2.38. The SMILES string of the molecule is CCC(=O)c1cc2c(=O)c3cc(C(C)C)ccc3oc2nc1N. The second-order valence-electron chi connectivity index (χ2n) is 5.89. The molecule has 2 N–H and O–H groups in total. The minimum absolute atomic E-state index is 0.0886. The number of anilines is 1. The summed E-state index contributed by atoms with van der Waals surface area (Å²) >= 11 is 0. The Morgan fingerprint density at radius 2 is 2.00 bits per heavy atom. The lowest BCUT2D eigenvalue weighted by Gasteiger charge is -2.08. The number of rotatable bonds is 3. The third kappa shape index (κ3) is 2.48. The summed E-state index contributed by atoms with van der Waals surface area (Å²) in [5.41, 5.74) is 7.58. The fourth-order valence-electron chi connectivity index (χ4n) is 2.59. The summed E-state index contributed by atoms with van der Waals surface area (Å²) in [5, 5.41) is 0.773. The number of fused-ring (bicyclic) bond motifs is 2. The van der Waals surface area contributed by atoms with Crippen molar-refractivity contribution in [1.82, 2.24) is 4.98 Å². The molecule has 2 heterocycles. The van der Waals surface area contributed by atoms with E-state index in [1.165, 1.54) is 6.07 Å². The van der Waals surface area contributed by atoms with Crippen LogP contribution in [0.4, 0.5) is 5.82 Å². The van der Waals surface area contributed by atoms with Crippen molar-refractivity contribution in [3.05, 3.63) is 45.6 Å². The molecule has 0 amide bonds. The number of Topliss-reactive ketones (excluding diaryl/α,β-unsaturated/α-hetero) is 1. The summed E-state index contributed by atoms with van der Waals surface area (Å²) in [5.74, 6) is 0.245.